The molecule has 0 fully saturated rings. The summed E-state index contributed by atoms with van der Waals surface area (Å²) in [6.45, 7) is 1.23. The molecule has 0 aromatic heterocycles. The monoisotopic (exact) mass is 216 g/mol. The first-order valence-electron chi connectivity index (χ1n) is 2.72. The zero-order valence-corrected chi connectivity index (χ0v) is 9.20. The third-order valence-electron chi connectivity index (χ3n) is 0.443. The van der Waals surface area contributed by atoms with Crippen molar-refractivity contribution >= 4 is 21.5 Å². The van der Waals surface area contributed by atoms with E-state index >= 15 is 0 Å². The molecule has 5 heteroatoms. The van der Waals surface area contributed by atoms with Crippen LogP contribution in [0.1, 0.15) is 0 Å². The normalized spacial score (nSPS) is 21.0. The summed E-state index contributed by atoms with van der Waals surface area (Å²) >= 11 is -2.25. The molecule has 0 heterocycles. The van der Waals surface area contributed by atoms with Crippen molar-refractivity contribution in [3.8, 4) is 0 Å². The number of hydrogen-bond donors (Lipinski definition) is 1. The average Bonchev–Trinajstić information content (AvgIpc) is 1.14. The van der Waals surface area contributed by atoms with Crippen LogP contribution in [0, 0.1) is 0 Å². The Morgan fingerprint density at radius 3 is 1.78 bits per heavy atom. The van der Waals surface area contributed by atoms with Crippen LogP contribution in [0.5, 0.6) is 0 Å². The SMILES string of the molecule is CP(=O)(O)O[AsH](C)(C)C. The van der Waals surface area contributed by atoms with Crippen molar-refractivity contribution in [1.29, 1.82) is 0 Å². The standard InChI is InChI=1S/C4H14AsO3P/c1-5(2,3)8-9(4,6)7/h5H,1-4H3,(H,6,7). The van der Waals surface area contributed by atoms with Crippen molar-refractivity contribution in [1.82, 2.24) is 0 Å². The first-order chi connectivity index (χ1) is 3.71. The van der Waals surface area contributed by atoms with Crippen molar-refractivity contribution in [2.45, 2.75) is 17.1 Å². The van der Waals surface area contributed by atoms with E-state index < -0.39 is 21.5 Å². The molecule has 0 aliphatic rings. The summed E-state index contributed by atoms with van der Waals surface area (Å²) in [6, 6.07) is 0. The molecule has 1 unspecified atom stereocenters. The fourth-order valence-electron chi connectivity index (χ4n) is 0.508. The zero-order valence-electron chi connectivity index (χ0n) is 6.21. The molecule has 0 aromatic carbocycles. The first kappa shape index (κ1) is 9.71. The summed E-state index contributed by atoms with van der Waals surface area (Å²) in [5, 5.41) is 0. The van der Waals surface area contributed by atoms with Crippen molar-refractivity contribution in [3.05, 3.63) is 0 Å². The van der Waals surface area contributed by atoms with Gasteiger partial charge in [0, 0.05) is 0 Å². The second kappa shape index (κ2) is 2.75. The van der Waals surface area contributed by atoms with Crippen LogP contribution < -0.4 is 0 Å². The van der Waals surface area contributed by atoms with Crippen LogP contribution in [0.25, 0.3) is 0 Å². The minimum absolute atomic E-state index is 1.23. The third-order valence-corrected chi connectivity index (χ3v) is 6.91. The molecule has 0 radical (unpaired) electrons. The Bertz CT molecular complexity index is 133. The molecule has 0 saturated heterocycles. The topological polar surface area (TPSA) is 46.5 Å². The Morgan fingerprint density at radius 2 is 1.78 bits per heavy atom. The van der Waals surface area contributed by atoms with Crippen molar-refractivity contribution in [2.75, 3.05) is 6.66 Å². The van der Waals surface area contributed by atoms with E-state index in [2.05, 4.69) is 0 Å². The Hall–Kier alpha value is 0.708. The molecule has 58 valence electrons. The number of rotatable bonds is 2. The van der Waals surface area contributed by atoms with Crippen molar-refractivity contribution in [2.24, 2.45) is 0 Å². The molecule has 0 aromatic rings. The zero-order chi connectivity index (χ0) is 7.71. The fraction of sp³-hybridized carbons (Fsp3) is 1.00. The Morgan fingerprint density at radius 1 is 1.44 bits per heavy atom. The second-order valence-electron chi connectivity index (χ2n) is 3.01. The maximum atomic E-state index is 10.6. The van der Waals surface area contributed by atoms with Gasteiger partial charge in [0.05, 0.1) is 0 Å². The molecule has 0 saturated carbocycles. The van der Waals surface area contributed by atoms with Gasteiger partial charge in [-0.3, -0.25) is 0 Å². The molecular formula is C4H14AsO3P. The van der Waals surface area contributed by atoms with Crippen LogP contribution in [-0.4, -0.2) is 25.5 Å². The van der Waals surface area contributed by atoms with Gasteiger partial charge < -0.3 is 0 Å². The van der Waals surface area contributed by atoms with Crippen LogP contribution in [0.2, 0.25) is 17.1 Å². The molecule has 9 heavy (non-hydrogen) atoms. The van der Waals surface area contributed by atoms with E-state index in [0.717, 1.165) is 0 Å². The average molecular weight is 216 g/mol. The van der Waals surface area contributed by atoms with E-state index in [1.807, 2.05) is 17.1 Å². The maximum absolute atomic E-state index is 10.6. The van der Waals surface area contributed by atoms with E-state index in [9.17, 15) is 4.57 Å². The molecule has 0 bridgehead atoms. The minimum atomic E-state index is -3.20. The van der Waals surface area contributed by atoms with Crippen LogP contribution in [-0.2, 0) is 8.08 Å². The van der Waals surface area contributed by atoms with Crippen molar-refractivity contribution in [3.63, 3.8) is 0 Å². The van der Waals surface area contributed by atoms with Crippen molar-refractivity contribution < 1.29 is 13.0 Å². The van der Waals surface area contributed by atoms with Gasteiger partial charge in [0.25, 0.3) is 0 Å². The summed E-state index contributed by atoms with van der Waals surface area (Å²) < 4.78 is 15.5. The predicted molar refractivity (Wildman–Crippen MR) is 41.6 cm³/mol. The summed E-state index contributed by atoms with van der Waals surface area (Å²) in [7, 11) is -3.20. The van der Waals surface area contributed by atoms with Gasteiger partial charge in [0.2, 0.25) is 0 Å². The van der Waals surface area contributed by atoms with Gasteiger partial charge in [0.1, 0.15) is 0 Å². The summed E-state index contributed by atoms with van der Waals surface area (Å²) in [4.78, 5) is 8.73. The van der Waals surface area contributed by atoms with Gasteiger partial charge in [-0.2, -0.15) is 0 Å². The van der Waals surface area contributed by atoms with Crippen LogP contribution in [0.15, 0.2) is 0 Å². The molecular weight excluding hydrogens is 202 g/mol. The molecule has 0 aliphatic heterocycles. The van der Waals surface area contributed by atoms with Gasteiger partial charge in [0.15, 0.2) is 0 Å². The molecule has 3 nitrogen and oxygen atoms in total. The predicted octanol–water partition coefficient (Wildman–Crippen LogP) is 1.39. The van der Waals surface area contributed by atoms with E-state index in [0.29, 0.717) is 0 Å². The molecule has 0 spiro atoms. The van der Waals surface area contributed by atoms with E-state index in [4.69, 9.17) is 8.41 Å². The quantitative estimate of drug-likeness (QED) is 0.560. The van der Waals surface area contributed by atoms with Gasteiger partial charge >= 0.3 is 58.3 Å². The van der Waals surface area contributed by atoms with E-state index in [1.165, 1.54) is 6.66 Å². The van der Waals surface area contributed by atoms with E-state index in [-0.39, 0.29) is 0 Å². The van der Waals surface area contributed by atoms with Gasteiger partial charge in [-0.1, -0.05) is 0 Å². The number of hydrogen-bond acceptors (Lipinski definition) is 2. The molecule has 0 aliphatic carbocycles. The molecule has 0 amide bonds. The van der Waals surface area contributed by atoms with Gasteiger partial charge in [-0.05, 0) is 0 Å². The molecule has 1 atom stereocenters. The Kier molecular flexibility index (Phi) is 2.97. The van der Waals surface area contributed by atoms with Crippen LogP contribution in [0.3, 0.4) is 0 Å². The molecule has 1 N–H and O–H groups in total. The van der Waals surface area contributed by atoms with E-state index in [1.54, 1.807) is 0 Å². The Labute approximate surface area is 58.8 Å². The summed E-state index contributed by atoms with van der Waals surface area (Å²) in [5.41, 5.74) is 5.77. The Balaban J connectivity index is 3.90. The van der Waals surface area contributed by atoms with Gasteiger partial charge in [-0.25, -0.2) is 0 Å². The van der Waals surface area contributed by atoms with Crippen LogP contribution in [0.4, 0.5) is 0 Å². The van der Waals surface area contributed by atoms with Gasteiger partial charge in [-0.15, -0.1) is 0 Å². The fourth-order valence-corrected chi connectivity index (χ4v) is 7.92. The van der Waals surface area contributed by atoms with Crippen LogP contribution >= 0.6 is 7.60 Å². The first-order valence-corrected chi connectivity index (χ1v) is 11.9. The third kappa shape index (κ3) is 8.71. The second-order valence-corrected chi connectivity index (χ2v) is 14.8. The molecule has 0 rings (SSSR count). The summed E-state index contributed by atoms with van der Waals surface area (Å²) in [5.74, 6) is 0. The summed E-state index contributed by atoms with van der Waals surface area (Å²) in [6.07, 6.45) is 0.